The largest absolute Gasteiger partial charge is 0.497 e. The van der Waals surface area contributed by atoms with E-state index in [1.54, 1.807) is 14.2 Å². The van der Waals surface area contributed by atoms with Gasteiger partial charge in [0, 0.05) is 36.8 Å². The minimum atomic E-state index is 0.246. The number of methoxy groups -OCH3 is 2. The summed E-state index contributed by atoms with van der Waals surface area (Å²) in [4.78, 5) is 15.1. The van der Waals surface area contributed by atoms with Gasteiger partial charge in [-0.15, -0.1) is 0 Å². The molecule has 5 nitrogen and oxygen atoms in total. The zero-order valence-corrected chi connectivity index (χ0v) is 13.7. The van der Waals surface area contributed by atoms with Crippen LogP contribution >= 0.6 is 0 Å². The first-order valence-corrected chi connectivity index (χ1v) is 8.45. The number of nitrogens with zero attached hydrogens (tertiary/aromatic N) is 1. The van der Waals surface area contributed by atoms with E-state index in [1.807, 2.05) is 18.2 Å². The Hall–Kier alpha value is -1.75. The third kappa shape index (κ3) is 2.29. The second-order valence-corrected chi connectivity index (χ2v) is 6.85. The van der Waals surface area contributed by atoms with Gasteiger partial charge in [-0.3, -0.25) is 4.79 Å². The van der Waals surface area contributed by atoms with Crippen LogP contribution < -0.4 is 14.8 Å². The van der Waals surface area contributed by atoms with Gasteiger partial charge in [0.15, 0.2) is 0 Å². The number of hydrogen-bond acceptors (Lipinski definition) is 4. The summed E-state index contributed by atoms with van der Waals surface area (Å²) in [5.41, 5.74) is 0.938. The second kappa shape index (κ2) is 5.71. The van der Waals surface area contributed by atoms with Crippen LogP contribution in [0.3, 0.4) is 0 Å². The van der Waals surface area contributed by atoms with Crippen molar-refractivity contribution in [3.63, 3.8) is 0 Å². The van der Waals surface area contributed by atoms with Gasteiger partial charge in [0.25, 0.3) is 0 Å². The van der Waals surface area contributed by atoms with Gasteiger partial charge in [0.2, 0.25) is 5.91 Å². The van der Waals surface area contributed by atoms with Crippen molar-refractivity contribution in [1.82, 2.24) is 10.2 Å². The molecule has 3 fully saturated rings. The van der Waals surface area contributed by atoms with Gasteiger partial charge in [-0.25, -0.2) is 0 Å². The van der Waals surface area contributed by atoms with Crippen LogP contribution in [0.5, 0.6) is 11.5 Å². The zero-order valence-electron chi connectivity index (χ0n) is 13.7. The number of amides is 1. The summed E-state index contributed by atoms with van der Waals surface area (Å²) in [5.74, 6) is 3.05. The summed E-state index contributed by atoms with van der Waals surface area (Å²) in [6.45, 7) is 2.14. The van der Waals surface area contributed by atoms with E-state index < -0.39 is 0 Å². The molecule has 4 atom stereocenters. The van der Waals surface area contributed by atoms with Crippen molar-refractivity contribution in [1.29, 1.82) is 0 Å². The Bertz CT molecular complexity index is 600. The molecular weight excluding hydrogens is 292 g/mol. The molecule has 4 rings (SSSR count). The van der Waals surface area contributed by atoms with E-state index in [0.29, 0.717) is 30.3 Å². The fraction of sp³-hybridized carbons (Fsp3) is 0.611. The van der Waals surface area contributed by atoms with Gasteiger partial charge in [-0.05, 0) is 30.7 Å². The van der Waals surface area contributed by atoms with Crippen LogP contribution in [0.15, 0.2) is 18.2 Å². The first-order valence-electron chi connectivity index (χ1n) is 8.45. The zero-order chi connectivity index (χ0) is 16.0. The van der Waals surface area contributed by atoms with Crippen molar-refractivity contribution >= 4 is 5.91 Å². The fourth-order valence-electron chi connectivity index (χ4n) is 4.89. The number of carbonyl (C=O) groups excluding carboxylic acids is 1. The third-order valence-corrected chi connectivity index (χ3v) is 5.90. The van der Waals surface area contributed by atoms with Crippen LogP contribution in [-0.2, 0) is 11.2 Å². The molecular formula is C18H24N2O3. The maximum Gasteiger partial charge on any atom is 0.227 e. The van der Waals surface area contributed by atoms with Gasteiger partial charge in [-0.2, -0.15) is 0 Å². The highest BCUT2D eigenvalue weighted by atomic mass is 16.5. The SMILES string of the molecule is COc1ccc(CC(=O)N2C3CCC2C2CNCC23)c(OC)c1. The molecule has 23 heavy (non-hydrogen) atoms. The Morgan fingerprint density at radius 3 is 2.48 bits per heavy atom. The van der Waals surface area contributed by atoms with Gasteiger partial charge in [-0.1, -0.05) is 6.07 Å². The minimum Gasteiger partial charge on any atom is -0.497 e. The molecule has 1 amide bonds. The van der Waals surface area contributed by atoms with E-state index in [4.69, 9.17) is 9.47 Å². The lowest BCUT2D eigenvalue weighted by Crippen LogP contribution is -2.40. The van der Waals surface area contributed by atoms with Gasteiger partial charge >= 0.3 is 0 Å². The number of hydrogen-bond donors (Lipinski definition) is 1. The second-order valence-electron chi connectivity index (χ2n) is 6.85. The molecule has 0 aromatic heterocycles. The topological polar surface area (TPSA) is 50.8 Å². The standard InChI is InChI=1S/C18H24N2O3/c1-22-12-4-3-11(17(8-12)23-2)7-18(21)20-15-5-6-16(20)14-10-19-9-13(14)15/h3-4,8,13-16,19H,5-7,9-10H2,1-2H3. The van der Waals surface area contributed by atoms with E-state index >= 15 is 0 Å². The van der Waals surface area contributed by atoms with Crippen molar-refractivity contribution in [3.05, 3.63) is 23.8 Å². The molecule has 0 aliphatic carbocycles. The molecule has 0 saturated carbocycles. The molecule has 3 aliphatic heterocycles. The van der Waals surface area contributed by atoms with Crippen molar-refractivity contribution in [2.24, 2.45) is 11.8 Å². The molecule has 1 N–H and O–H groups in total. The number of carbonyl (C=O) groups is 1. The summed E-state index contributed by atoms with van der Waals surface area (Å²) in [5, 5.41) is 3.49. The van der Waals surface area contributed by atoms with E-state index in [2.05, 4.69) is 10.2 Å². The van der Waals surface area contributed by atoms with Crippen LogP contribution in [0, 0.1) is 11.8 Å². The normalized spacial score (nSPS) is 31.3. The van der Waals surface area contributed by atoms with Gasteiger partial charge < -0.3 is 19.7 Å². The van der Waals surface area contributed by atoms with Crippen molar-refractivity contribution < 1.29 is 14.3 Å². The van der Waals surface area contributed by atoms with Crippen molar-refractivity contribution in [2.45, 2.75) is 31.3 Å². The van der Waals surface area contributed by atoms with Crippen LogP contribution in [0.2, 0.25) is 0 Å². The predicted octanol–water partition coefficient (Wildman–Crippen LogP) is 1.46. The molecule has 2 bridgehead atoms. The smallest absolute Gasteiger partial charge is 0.227 e. The molecule has 3 heterocycles. The highest BCUT2D eigenvalue weighted by molar-refractivity contribution is 5.81. The third-order valence-electron chi connectivity index (χ3n) is 5.90. The Kier molecular flexibility index (Phi) is 3.68. The molecule has 124 valence electrons. The molecule has 0 spiro atoms. The Morgan fingerprint density at radius 2 is 1.87 bits per heavy atom. The Balaban J connectivity index is 1.53. The lowest BCUT2D eigenvalue weighted by molar-refractivity contribution is -0.132. The van der Waals surface area contributed by atoms with Crippen LogP contribution in [0.25, 0.3) is 0 Å². The molecule has 0 radical (unpaired) electrons. The first kappa shape index (κ1) is 14.8. The van der Waals surface area contributed by atoms with Crippen LogP contribution in [-0.4, -0.2) is 50.2 Å². The van der Waals surface area contributed by atoms with E-state index in [1.165, 1.54) is 12.8 Å². The Labute approximate surface area is 136 Å². The lowest BCUT2D eigenvalue weighted by atomic mass is 9.82. The molecule has 1 aromatic carbocycles. The van der Waals surface area contributed by atoms with Crippen molar-refractivity contribution in [2.75, 3.05) is 27.3 Å². The average Bonchev–Trinajstić information content (AvgIpc) is 3.26. The van der Waals surface area contributed by atoms with E-state index in [9.17, 15) is 4.79 Å². The number of benzene rings is 1. The highest BCUT2D eigenvalue weighted by Crippen LogP contribution is 2.47. The molecule has 4 unspecified atom stereocenters. The first-order chi connectivity index (χ1) is 11.2. The summed E-state index contributed by atoms with van der Waals surface area (Å²) in [7, 11) is 3.27. The molecule has 3 saturated heterocycles. The van der Waals surface area contributed by atoms with Crippen LogP contribution in [0.4, 0.5) is 0 Å². The average molecular weight is 316 g/mol. The number of nitrogens with one attached hydrogen (secondary N) is 1. The summed E-state index contributed by atoms with van der Waals surface area (Å²) in [6.07, 6.45) is 2.74. The maximum atomic E-state index is 12.9. The van der Waals surface area contributed by atoms with E-state index in [-0.39, 0.29) is 5.91 Å². The Morgan fingerprint density at radius 1 is 1.17 bits per heavy atom. The molecule has 1 aromatic rings. The van der Waals surface area contributed by atoms with Crippen molar-refractivity contribution in [3.8, 4) is 11.5 Å². The number of rotatable bonds is 4. The van der Waals surface area contributed by atoms with Gasteiger partial charge in [0.1, 0.15) is 11.5 Å². The maximum absolute atomic E-state index is 12.9. The predicted molar refractivity (Wildman–Crippen MR) is 86.8 cm³/mol. The highest BCUT2D eigenvalue weighted by Gasteiger charge is 2.55. The summed E-state index contributed by atoms with van der Waals surface area (Å²) >= 11 is 0. The minimum absolute atomic E-state index is 0.246. The summed E-state index contributed by atoms with van der Waals surface area (Å²) < 4.78 is 10.7. The quantitative estimate of drug-likeness (QED) is 0.913. The van der Waals surface area contributed by atoms with E-state index in [0.717, 1.165) is 30.2 Å². The number of fused-ring (bicyclic) bond motifs is 5. The van der Waals surface area contributed by atoms with Crippen LogP contribution in [0.1, 0.15) is 18.4 Å². The lowest BCUT2D eigenvalue weighted by Gasteiger charge is -2.25. The molecule has 5 heteroatoms. The monoisotopic (exact) mass is 316 g/mol. The fourth-order valence-corrected chi connectivity index (χ4v) is 4.89. The van der Waals surface area contributed by atoms with Gasteiger partial charge in [0.05, 0.1) is 20.6 Å². The molecule has 3 aliphatic rings. The summed E-state index contributed by atoms with van der Waals surface area (Å²) in [6, 6.07) is 6.56. The number of ether oxygens (including phenoxy) is 2.